The van der Waals surface area contributed by atoms with Crippen molar-refractivity contribution in [2.24, 2.45) is 5.14 Å². The van der Waals surface area contributed by atoms with Gasteiger partial charge in [-0.25, -0.2) is 17.9 Å². The fraction of sp³-hybridized carbons (Fsp3) is 0.417. The summed E-state index contributed by atoms with van der Waals surface area (Å²) in [6.45, 7) is 2.67. The minimum atomic E-state index is -3.94. The molecule has 1 heterocycles. The van der Waals surface area contributed by atoms with Crippen molar-refractivity contribution in [1.29, 1.82) is 0 Å². The first-order valence-electron chi connectivity index (χ1n) is 6.42. The van der Waals surface area contributed by atoms with E-state index in [1.165, 1.54) is 12.1 Å². The van der Waals surface area contributed by atoms with Crippen molar-refractivity contribution in [1.82, 2.24) is 10.2 Å². The molecule has 1 aromatic rings. The summed E-state index contributed by atoms with van der Waals surface area (Å²) in [5, 5.41) is 10.7. The SMILES string of the molecule is NS(=O)(=O)c1ccc(NCC(=O)N2CCNCC2)c(F)c1. The molecule has 1 saturated heterocycles. The number of nitrogens with zero attached hydrogens (tertiary/aromatic N) is 1. The lowest BCUT2D eigenvalue weighted by Crippen LogP contribution is -2.48. The lowest BCUT2D eigenvalue weighted by molar-refractivity contribution is -0.129. The summed E-state index contributed by atoms with van der Waals surface area (Å²) in [5.41, 5.74) is 0.0610. The second kappa shape index (κ2) is 6.37. The number of anilines is 1. The van der Waals surface area contributed by atoms with Crippen LogP contribution in [-0.2, 0) is 14.8 Å². The molecular weight excluding hydrogens is 299 g/mol. The van der Waals surface area contributed by atoms with Crippen LogP contribution < -0.4 is 15.8 Å². The quantitative estimate of drug-likeness (QED) is 0.682. The van der Waals surface area contributed by atoms with Crippen molar-refractivity contribution in [3.8, 4) is 0 Å². The Morgan fingerprint density at radius 3 is 2.62 bits per heavy atom. The van der Waals surface area contributed by atoms with Gasteiger partial charge >= 0.3 is 0 Å². The van der Waals surface area contributed by atoms with Gasteiger partial charge in [0.05, 0.1) is 17.1 Å². The number of nitrogens with one attached hydrogen (secondary N) is 2. The maximum Gasteiger partial charge on any atom is 0.241 e. The summed E-state index contributed by atoms with van der Waals surface area (Å²) in [5.74, 6) is -0.902. The molecule has 1 fully saturated rings. The van der Waals surface area contributed by atoms with Crippen LogP contribution in [-0.4, -0.2) is 51.9 Å². The molecule has 4 N–H and O–H groups in total. The Bertz CT molecular complexity index is 629. The number of carbonyl (C=O) groups is 1. The molecule has 116 valence electrons. The molecule has 21 heavy (non-hydrogen) atoms. The first-order valence-corrected chi connectivity index (χ1v) is 7.97. The summed E-state index contributed by atoms with van der Waals surface area (Å²) in [7, 11) is -3.94. The Hall–Kier alpha value is -1.71. The fourth-order valence-corrected chi connectivity index (χ4v) is 2.54. The molecule has 2 rings (SSSR count). The van der Waals surface area contributed by atoms with E-state index >= 15 is 0 Å². The molecule has 0 aliphatic carbocycles. The Morgan fingerprint density at radius 2 is 2.05 bits per heavy atom. The van der Waals surface area contributed by atoms with E-state index in [4.69, 9.17) is 5.14 Å². The van der Waals surface area contributed by atoms with Gasteiger partial charge in [0.25, 0.3) is 0 Å². The number of primary sulfonamides is 1. The van der Waals surface area contributed by atoms with Crippen molar-refractivity contribution in [3.05, 3.63) is 24.0 Å². The van der Waals surface area contributed by atoms with Crippen molar-refractivity contribution in [3.63, 3.8) is 0 Å². The van der Waals surface area contributed by atoms with Gasteiger partial charge in [0.15, 0.2) is 0 Å². The van der Waals surface area contributed by atoms with Crippen molar-refractivity contribution in [2.75, 3.05) is 38.0 Å². The van der Waals surface area contributed by atoms with Gasteiger partial charge in [-0.2, -0.15) is 0 Å². The standard InChI is InChI=1S/C12H17FN4O3S/c13-10-7-9(21(14,19)20)1-2-11(10)16-8-12(18)17-5-3-15-4-6-17/h1-2,7,15-16H,3-6,8H2,(H2,14,19,20). The first-order chi connectivity index (χ1) is 9.88. The van der Waals surface area contributed by atoms with E-state index < -0.39 is 15.8 Å². The average molecular weight is 316 g/mol. The normalized spacial score (nSPS) is 15.8. The summed E-state index contributed by atoms with van der Waals surface area (Å²) in [6.07, 6.45) is 0. The van der Waals surface area contributed by atoms with Crippen molar-refractivity contribution >= 4 is 21.6 Å². The van der Waals surface area contributed by atoms with E-state index in [1.54, 1.807) is 4.90 Å². The molecule has 0 atom stereocenters. The number of benzene rings is 1. The second-order valence-corrected chi connectivity index (χ2v) is 6.23. The van der Waals surface area contributed by atoms with Crippen LogP contribution in [0.1, 0.15) is 0 Å². The molecule has 1 aliphatic rings. The van der Waals surface area contributed by atoms with Crippen LogP contribution in [0.15, 0.2) is 23.1 Å². The molecule has 0 bridgehead atoms. The lowest BCUT2D eigenvalue weighted by Gasteiger charge is -2.27. The van der Waals surface area contributed by atoms with Gasteiger partial charge in [-0.15, -0.1) is 0 Å². The molecule has 9 heteroatoms. The predicted molar refractivity (Wildman–Crippen MR) is 75.7 cm³/mol. The van der Waals surface area contributed by atoms with Crippen molar-refractivity contribution in [2.45, 2.75) is 4.90 Å². The molecule has 0 radical (unpaired) electrons. The number of halogens is 1. The monoisotopic (exact) mass is 316 g/mol. The maximum atomic E-state index is 13.8. The molecule has 0 saturated carbocycles. The van der Waals surface area contributed by atoms with Gasteiger partial charge in [0.2, 0.25) is 15.9 Å². The van der Waals surface area contributed by atoms with Crippen LogP contribution in [0, 0.1) is 5.82 Å². The zero-order chi connectivity index (χ0) is 15.5. The van der Waals surface area contributed by atoms with Crippen LogP contribution in [0.5, 0.6) is 0 Å². The highest BCUT2D eigenvalue weighted by Crippen LogP contribution is 2.18. The zero-order valence-electron chi connectivity index (χ0n) is 11.3. The number of carbonyl (C=O) groups excluding carboxylic acids is 1. The minimum absolute atomic E-state index is 0.0500. The number of hydrogen-bond donors (Lipinski definition) is 3. The van der Waals surface area contributed by atoms with Gasteiger partial charge in [-0.1, -0.05) is 0 Å². The minimum Gasteiger partial charge on any atom is -0.374 e. The topological polar surface area (TPSA) is 105 Å². The van der Waals surface area contributed by atoms with Gasteiger partial charge < -0.3 is 15.5 Å². The molecule has 1 aromatic carbocycles. The molecular formula is C12H17FN4O3S. The lowest BCUT2D eigenvalue weighted by atomic mass is 10.3. The van der Waals surface area contributed by atoms with Gasteiger partial charge in [0, 0.05) is 26.2 Å². The molecule has 7 nitrogen and oxygen atoms in total. The van der Waals surface area contributed by atoms with Crippen LogP contribution in [0.2, 0.25) is 0 Å². The van der Waals surface area contributed by atoms with Gasteiger partial charge in [-0.05, 0) is 18.2 Å². The largest absolute Gasteiger partial charge is 0.374 e. The Labute approximate surface area is 122 Å². The molecule has 1 amide bonds. The summed E-state index contributed by atoms with van der Waals surface area (Å²) in [4.78, 5) is 13.3. The maximum absolute atomic E-state index is 13.8. The molecule has 1 aliphatic heterocycles. The van der Waals surface area contributed by atoms with Crippen LogP contribution in [0.4, 0.5) is 10.1 Å². The molecule has 0 aromatic heterocycles. The smallest absolute Gasteiger partial charge is 0.241 e. The third-order valence-corrected chi connectivity index (χ3v) is 4.08. The predicted octanol–water partition coefficient (Wildman–Crippen LogP) is -0.683. The van der Waals surface area contributed by atoms with E-state index in [9.17, 15) is 17.6 Å². The third kappa shape index (κ3) is 4.13. The summed E-state index contributed by atoms with van der Waals surface area (Å²) < 4.78 is 35.9. The number of rotatable bonds is 4. The summed E-state index contributed by atoms with van der Waals surface area (Å²) >= 11 is 0. The highest BCUT2D eigenvalue weighted by molar-refractivity contribution is 7.89. The fourth-order valence-electron chi connectivity index (χ4n) is 2.01. The average Bonchev–Trinajstić information content (AvgIpc) is 2.45. The Kier molecular flexibility index (Phi) is 4.76. The highest BCUT2D eigenvalue weighted by Gasteiger charge is 2.17. The van der Waals surface area contributed by atoms with Crippen LogP contribution >= 0.6 is 0 Å². The Balaban J connectivity index is 1.98. The third-order valence-electron chi connectivity index (χ3n) is 3.17. The summed E-state index contributed by atoms with van der Waals surface area (Å²) in [6, 6.07) is 3.27. The molecule has 0 unspecified atom stereocenters. The number of amides is 1. The first kappa shape index (κ1) is 15.7. The van der Waals surface area contributed by atoms with Crippen LogP contribution in [0.25, 0.3) is 0 Å². The van der Waals surface area contributed by atoms with E-state index in [0.717, 1.165) is 19.2 Å². The van der Waals surface area contributed by atoms with E-state index in [1.807, 2.05) is 0 Å². The second-order valence-electron chi connectivity index (χ2n) is 4.67. The van der Waals surface area contributed by atoms with E-state index in [-0.39, 0.29) is 23.0 Å². The van der Waals surface area contributed by atoms with E-state index in [0.29, 0.717) is 13.1 Å². The number of sulfonamides is 1. The number of hydrogen-bond acceptors (Lipinski definition) is 5. The Morgan fingerprint density at radius 1 is 1.38 bits per heavy atom. The van der Waals surface area contributed by atoms with E-state index in [2.05, 4.69) is 10.6 Å². The van der Waals surface area contributed by atoms with Gasteiger partial charge in [0.1, 0.15) is 5.82 Å². The zero-order valence-corrected chi connectivity index (χ0v) is 12.1. The van der Waals surface area contributed by atoms with Crippen molar-refractivity contribution < 1.29 is 17.6 Å². The number of piperazine rings is 1. The molecule has 0 spiro atoms. The highest BCUT2D eigenvalue weighted by atomic mass is 32.2. The van der Waals surface area contributed by atoms with Gasteiger partial charge in [-0.3, -0.25) is 4.79 Å². The van der Waals surface area contributed by atoms with Crippen LogP contribution in [0.3, 0.4) is 0 Å². The number of nitrogens with two attached hydrogens (primary N) is 1.